The molecule has 1 atom stereocenters. The Morgan fingerprint density at radius 3 is 2.15 bits per heavy atom. The summed E-state index contributed by atoms with van der Waals surface area (Å²) in [5.74, 6) is -4.53. The van der Waals surface area contributed by atoms with Crippen molar-refractivity contribution in [2.45, 2.75) is 24.8 Å². The molecule has 0 saturated carbocycles. The van der Waals surface area contributed by atoms with Crippen molar-refractivity contribution >= 4 is 18.1 Å². The van der Waals surface area contributed by atoms with Crippen LogP contribution in [0.2, 0.25) is 0 Å². The highest BCUT2D eigenvalue weighted by Crippen LogP contribution is 2.28. The highest BCUT2D eigenvalue weighted by molar-refractivity contribution is 7.87. The number of hydrogen-bond acceptors (Lipinski definition) is 5. The fourth-order valence-electron chi connectivity index (χ4n) is 1.25. The molecule has 0 radical (unpaired) electrons. The summed E-state index contributed by atoms with van der Waals surface area (Å²) in [6, 6.07) is 0.403. The van der Waals surface area contributed by atoms with Gasteiger partial charge in [-0.05, 0) is 13.8 Å². The normalized spacial score (nSPS) is 13.7. The molecule has 0 saturated heterocycles. The van der Waals surface area contributed by atoms with Crippen molar-refractivity contribution in [2.24, 2.45) is 0 Å². The Balaban J connectivity index is 2.93. The summed E-state index contributed by atoms with van der Waals surface area (Å²) < 4.78 is 82.7. The van der Waals surface area contributed by atoms with Gasteiger partial charge in [-0.1, -0.05) is 0 Å². The fourth-order valence-corrected chi connectivity index (χ4v) is 3.56. The minimum absolute atomic E-state index is 0.201. The van der Waals surface area contributed by atoms with Crippen molar-refractivity contribution < 1.29 is 34.9 Å². The van der Waals surface area contributed by atoms with Crippen molar-refractivity contribution in [1.82, 2.24) is 0 Å². The van der Waals surface area contributed by atoms with E-state index in [2.05, 4.69) is 4.18 Å². The van der Waals surface area contributed by atoms with Gasteiger partial charge >= 0.3 is 10.1 Å². The average molecular weight is 332 g/mol. The number of benzene rings is 1. The maximum absolute atomic E-state index is 13.3. The van der Waals surface area contributed by atoms with Crippen molar-refractivity contribution in [3.8, 4) is 0 Å². The Morgan fingerprint density at radius 1 is 1.20 bits per heavy atom. The first-order chi connectivity index (χ1) is 9.13. The molecule has 114 valence electrons. The predicted octanol–water partition coefficient (Wildman–Crippen LogP) is 2.67. The summed E-state index contributed by atoms with van der Waals surface area (Å²) in [6.45, 7) is 3.13. The molecule has 0 amide bonds. The van der Waals surface area contributed by atoms with Gasteiger partial charge in [0.25, 0.3) is 0 Å². The van der Waals surface area contributed by atoms with Crippen LogP contribution in [0.5, 0.6) is 0 Å². The van der Waals surface area contributed by atoms with Crippen LogP contribution in [-0.4, -0.2) is 20.9 Å². The Kier molecular flexibility index (Phi) is 5.76. The second-order valence-corrected chi connectivity index (χ2v) is 6.77. The Hall–Kier alpha value is -0.890. The number of hydrogen-bond donors (Lipinski definition) is 0. The monoisotopic (exact) mass is 332 g/mol. The molecule has 0 aromatic heterocycles. The molecule has 0 spiro atoms. The zero-order chi connectivity index (χ0) is 15.5. The molecule has 0 aliphatic rings. The van der Waals surface area contributed by atoms with Crippen LogP contribution < -0.4 is 0 Å². The van der Waals surface area contributed by atoms with Gasteiger partial charge in [0, 0.05) is 12.1 Å². The zero-order valence-electron chi connectivity index (χ0n) is 10.5. The molecule has 0 bridgehead atoms. The van der Waals surface area contributed by atoms with Gasteiger partial charge in [0.2, 0.25) is 8.03 Å². The molecule has 20 heavy (non-hydrogen) atoms. The Bertz CT molecular complexity index is 594. The maximum atomic E-state index is 13.3. The number of halogens is 3. The molecule has 0 aliphatic carbocycles. The third kappa shape index (κ3) is 4.59. The minimum Gasteiger partial charge on any atom is -0.326 e. The lowest BCUT2D eigenvalue weighted by Crippen LogP contribution is -2.12. The summed E-state index contributed by atoms with van der Waals surface area (Å²) in [6.07, 6.45) is -1.28. The van der Waals surface area contributed by atoms with E-state index in [4.69, 9.17) is 4.52 Å². The largest absolute Gasteiger partial charge is 0.326 e. The number of rotatable bonds is 6. The maximum Gasteiger partial charge on any atom is 0.303 e. The molecule has 0 aliphatic heterocycles. The molecule has 1 aromatic carbocycles. The lowest BCUT2D eigenvalue weighted by atomic mass is 10.3. The van der Waals surface area contributed by atoms with Gasteiger partial charge < -0.3 is 4.52 Å². The first-order valence-corrected chi connectivity index (χ1v) is 8.30. The van der Waals surface area contributed by atoms with Crippen molar-refractivity contribution in [2.75, 3.05) is 6.35 Å². The van der Waals surface area contributed by atoms with Crippen molar-refractivity contribution in [1.29, 1.82) is 0 Å². The first-order valence-electron chi connectivity index (χ1n) is 5.37. The van der Waals surface area contributed by atoms with Crippen LogP contribution in [0.1, 0.15) is 13.8 Å². The van der Waals surface area contributed by atoms with Crippen LogP contribution in [0.15, 0.2) is 17.0 Å². The quantitative estimate of drug-likeness (QED) is 0.592. The Labute approximate surface area is 114 Å². The third-order valence-electron chi connectivity index (χ3n) is 1.91. The lowest BCUT2D eigenvalue weighted by molar-refractivity contribution is 0.240. The van der Waals surface area contributed by atoms with Gasteiger partial charge in [0.15, 0.2) is 4.90 Å². The molecule has 1 unspecified atom stereocenters. The second kappa shape index (κ2) is 6.71. The van der Waals surface area contributed by atoms with Gasteiger partial charge in [-0.3, -0.25) is 8.75 Å². The summed E-state index contributed by atoms with van der Waals surface area (Å²) >= 11 is 0. The molecule has 0 fully saturated rings. The van der Waals surface area contributed by atoms with Crippen LogP contribution in [0.25, 0.3) is 0 Å². The van der Waals surface area contributed by atoms with Gasteiger partial charge in [0.05, 0.1) is 6.10 Å². The van der Waals surface area contributed by atoms with Crippen LogP contribution in [0.4, 0.5) is 13.2 Å². The van der Waals surface area contributed by atoms with Gasteiger partial charge in [-0.15, -0.1) is 0 Å². The van der Waals surface area contributed by atoms with Crippen LogP contribution in [-0.2, 0) is 23.4 Å². The minimum atomic E-state index is -4.84. The molecular formula is C10H12F3O5PS. The molecule has 0 N–H and O–H groups in total. The van der Waals surface area contributed by atoms with Gasteiger partial charge in [-0.25, -0.2) is 13.2 Å². The fraction of sp³-hybridized carbons (Fsp3) is 0.400. The lowest BCUT2D eigenvalue weighted by Gasteiger charge is -2.09. The summed E-state index contributed by atoms with van der Waals surface area (Å²) in [4.78, 5) is -1.43. The highest BCUT2D eigenvalue weighted by Gasteiger charge is 2.27. The average Bonchev–Trinajstić information content (AvgIpc) is 2.23. The van der Waals surface area contributed by atoms with Crippen LogP contribution in [0, 0.1) is 17.5 Å². The van der Waals surface area contributed by atoms with E-state index < -0.39 is 52.9 Å². The van der Waals surface area contributed by atoms with E-state index in [9.17, 15) is 26.2 Å². The SMILES string of the molecule is CC(C)O[PH](=O)COS(=O)(=O)c1c(F)cc(F)cc1F. The Morgan fingerprint density at radius 2 is 1.70 bits per heavy atom. The molecule has 5 nitrogen and oxygen atoms in total. The topological polar surface area (TPSA) is 69.7 Å². The predicted molar refractivity (Wildman–Crippen MR) is 64.7 cm³/mol. The van der Waals surface area contributed by atoms with E-state index in [-0.39, 0.29) is 12.1 Å². The van der Waals surface area contributed by atoms with Crippen molar-refractivity contribution in [3.05, 3.63) is 29.6 Å². The second-order valence-electron chi connectivity index (χ2n) is 3.95. The molecule has 1 aromatic rings. The van der Waals surface area contributed by atoms with Crippen LogP contribution >= 0.6 is 8.03 Å². The van der Waals surface area contributed by atoms with Crippen molar-refractivity contribution in [3.63, 3.8) is 0 Å². The van der Waals surface area contributed by atoms with E-state index in [1.807, 2.05) is 0 Å². The van der Waals surface area contributed by atoms with E-state index in [1.54, 1.807) is 13.8 Å². The van der Waals surface area contributed by atoms with Gasteiger partial charge in [0.1, 0.15) is 23.8 Å². The van der Waals surface area contributed by atoms with E-state index in [0.717, 1.165) is 0 Å². The highest BCUT2D eigenvalue weighted by atomic mass is 32.2. The zero-order valence-corrected chi connectivity index (χ0v) is 12.3. The summed E-state index contributed by atoms with van der Waals surface area (Å²) in [5, 5.41) is 0. The molecule has 1 rings (SSSR count). The summed E-state index contributed by atoms with van der Waals surface area (Å²) in [5.41, 5.74) is 0. The molecule has 10 heteroatoms. The first kappa shape index (κ1) is 17.2. The third-order valence-corrected chi connectivity index (χ3v) is 4.55. The molecule has 0 heterocycles. The van der Waals surface area contributed by atoms with E-state index in [0.29, 0.717) is 0 Å². The van der Waals surface area contributed by atoms with E-state index in [1.165, 1.54) is 0 Å². The van der Waals surface area contributed by atoms with Crippen LogP contribution in [0.3, 0.4) is 0 Å². The van der Waals surface area contributed by atoms with Gasteiger partial charge in [-0.2, -0.15) is 8.42 Å². The van der Waals surface area contributed by atoms with E-state index >= 15 is 0 Å². The standard InChI is InChI=1S/C10H12F3O5PS/c1-6(2)18-19(14)5-17-20(15,16)10-8(12)3-7(11)4-9(10)13/h3-4,6,19H,5H2,1-2H3. The summed E-state index contributed by atoms with van der Waals surface area (Å²) in [7, 11) is -7.67. The smallest absolute Gasteiger partial charge is 0.303 e. The molecular weight excluding hydrogens is 320 g/mol.